The lowest BCUT2D eigenvalue weighted by atomic mass is 10.0. The first kappa shape index (κ1) is 30.0. The topological polar surface area (TPSA) is 27.7 Å². The average Bonchev–Trinajstić information content (AvgIpc) is 2.74. The highest BCUT2D eigenvalue weighted by Crippen LogP contribution is 2.20. The van der Waals surface area contributed by atoms with Gasteiger partial charge in [0.1, 0.15) is 0 Å². The van der Waals surface area contributed by atoms with Gasteiger partial charge in [-0.2, -0.15) is 0 Å². The summed E-state index contributed by atoms with van der Waals surface area (Å²) in [5.74, 6) is -1.55. The summed E-state index contributed by atoms with van der Waals surface area (Å²) in [5.41, 5.74) is 0.848. The highest BCUT2D eigenvalue weighted by Gasteiger charge is 2.20. The summed E-state index contributed by atoms with van der Waals surface area (Å²) in [4.78, 5) is 0. The van der Waals surface area contributed by atoms with Crippen molar-refractivity contribution >= 4 is 0 Å². The van der Waals surface area contributed by atoms with Gasteiger partial charge in [-0.1, -0.05) is 70.8 Å². The van der Waals surface area contributed by atoms with Gasteiger partial charge in [0.25, 0.3) is 6.48 Å². The molecule has 0 radical (unpaired) electrons. The zero-order valence-electron chi connectivity index (χ0n) is 21.7. The molecule has 0 saturated carbocycles. The Morgan fingerprint density at radius 1 is 0.667 bits per heavy atom. The summed E-state index contributed by atoms with van der Waals surface area (Å²) in [6.45, 7) is 9.57. The molecule has 0 aliphatic carbocycles. The summed E-state index contributed by atoms with van der Waals surface area (Å²) in [7, 11) is 0. The van der Waals surface area contributed by atoms with Crippen LogP contribution >= 0.6 is 0 Å². The van der Waals surface area contributed by atoms with E-state index in [4.69, 9.17) is 14.2 Å². The molecular formula is C28H48F2O3. The monoisotopic (exact) mass is 470 g/mol. The third-order valence-corrected chi connectivity index (χ3v) is 5.68. The normalized spacial score (nSPS) is 12.9. The van der Waals surface area contributed by atoms with Gasteiger partial charge >= 0.3 is 0 Å². The molecule has 1 atom stereocenters. The Morgan fingerprint density at radius 2 is 1.21 bits per heavy atom. The molecule has 0 aliphatic heterocycles. The minimum Gasteiger partial charge on any atom is -0.327 e. The maximum atomic E-state index is 13.4. The summed E-state index contributed by atoms with van der Waals surface area (Å²) >= 11 is 0. The Bertz CT molecular complexity index is 597. The van der Waals surface area contributed by atoms with E-state index in [-0.39, 0.29) is 18.3 Å². The number of hydrogen-bond acceptors (Lipinski definition) is 3. The zero-order valence-corrected chi connectivity index (χ0v) is 21.7. The van der Waals surface area contributed by atoms with Gasteiger partial charge in [-0.25, -0.2) is 8.78 Å². The van der Waals surface area contributed by atoms with Crippen LogP contribution in [0.4, 0.5) is 8.78 Å². The quantitative estimate of drug-likeness (QED) is 0.141. The van der Waals surface area contributed by atoms with Gasteiger partial charge < -0.3 is 14.2 Å². The van der Waals surface area contributed by atoms with Crippen molar-refractivity contribution < 1.29 is 23.0 Å². The van der Waals surface area contributed by atoms with Crippen LogP contribution < -0.4 is 0 Å². The van der Waals surface area contributed by atoms with Crippen molar-refractivity contribution in [3.05, 3.63) is 35.4 Å². The van der Waals surface area contributed by atoms with Crippen molar-refractivity contribution in [2.45, 2.75) is 143 Å². The second-order valence-corrected chi connectivity index (χ2v) is 9.67. The van der Waals surface area contributed by atoms with Crippen LogP contribution in [0.5, 0.6) is 0 Å². The van der Waals surface area contributed by atoms with E-state index < -0.39 is 18.1 Å². The van der Waals surface area contributed by atoms with Gasteiger partial charge in [0.05, 0.1) is 18.3 Å². The lowest BCUT2D eigenvalue weighted by Gasteiger charge is -2.27. The summed E-state index contributed by atoms with van der Waals surface area (Å²) in [5, 5.41) is 0. The van der Waals surface area contributed by atoms with Crippen molar-refractivity contribution in [1.29, 1.82) is 0 Å². The maximum Gasteiger partial charge on any atom is 0.272 e. The van der Waals surface area contributed by atoms with Crippen LogP contribution in [-0.4, -0.2) is 24.8 Å². The van der Waals surface area contributed by atoms with Crippen LogP contribution in [0, 0.1) is 11.6 Å². The molecule has 0 N–H and O–H groups in total. The SMILES string of the molecule is CCCCCCCCCC(CCCCCc1ccc(F)c(F)c1)OC(OC(C)C)OC(C)C. The molecule has 5 heteroatoms. The second-order valence-electron chi connectivity index (χ2n) is 9.67. The molecule has 0 heterocycles. The van der Waals surface area contributed by atoms with E-state index in [0.29, 0.717) is 0 Å². The van der Waals surface area contributed by atoms with Crippen LogP contribution in [0.2, 0.25) is 0 Å². The van der Waals surface area contributed by atoms with Gasteiger partial charge in [0, 0.05) is 0 Å². The van der Waals surface area contributed by atoms with Crippen molar-refractivity contribution in [2.75, 3.05) is 0 Å². The minimum atomic E-state index is -0.786. The van der Waals surface area contributed by atoms with E-state index in [0.717, 1.165) is 50.5 Å². The molecule has 0 spiro atoms. The van der Waals surface area contributed by atoms with Crippen LogP contribution in [0.25, 0.3) is 0 Å². The van der Waals surface area contributed by atoms with Crippen molar-refractivity contribution in [3.63, 3.8) is 0 Å². The zero-order chi connectivity index (χ0) is 24.5. The first-order chi connectivity index (χ1) is 15.8. The highest BCUT2D eigenvalue weighted by molar-refractivity contribution is 5.17. The average molecular weight is 471 g/mol. The summed E-state index contributed by atoms with van der Waals surface area (Å²) < 4.78 is 44.5. The fraction of sp³-hybridized carbons (Fsp3) is 0.786. The van der Waals surface area contributed by atoms with Crippen molar-refractivity contribution in [1.82, 2.24) is 0 Å². The van der Waals surface area contributed by atoms with Gasteiger partial charge in [-0.3, -0.25) is 0 Å². The number of benzene rings is 1. The third kappa shape index (κ3) is 15.5. The van der Waals surface area contributed by atoms with Crippen molar-refractivity contribution in [2.24, 2.45) is 0 Å². The predicted octanol–water partition coefficient (Wildman–Crippen LogP) is 8.73. The molecule has 0 bridgehead atoms. The predicted molar refractivity (Wildman–Crippen MR) is 132 cm³/mol. The fourth-order valence-corrected chi connectivity index (χ4v) is 3.88. The molecular weight excluding hydrogens is 422 g/mol. The molecule has 33 heavy (non-hydrogen) atoms. The third-order valence-electron chi connectivity index (χ3n) is 5.68. The van der Waals surface area contributed by atoms with E-state index >= 15 is 0 Å². The van der Waals surface area contributed by atoms with Crippen LogP contribution in [0.3, 0.4) is 0 Å². The molecule has 0 fully saturated rings. The van der Waals surface area contributed by atoms with Crippen LogP contribution in [0.15, 0.2) is 18.2 Å². The molecule has 1 aromatic rings. The van der Waals surface area contributed by atoms with Gasteiger partial charge in [-0.05, 0) is 71.1 Å². The van der Waals surface area contributed by atoms with Crippen LogP contribution in [-0.2, 0) is 20.6 Å². The van der Waals surface area contributed by atoms with Crippen LogP contribution in [0.1, 0.15) is 117 Å². The van der Waals surface area contributed by atoms with Gasteiger partial charge in [0.2, 0.25) is 0 Å². The maximum absolute atomic E-state index is 13.4. The van der Waals surface area contributed by atoms with Gasteiger partial charge in [0.15, 0.2) is 11.6 Å². The summed E-state index contributed by atoms with van der Waals surface area (Å²) in [6.07, 6.45) is 14.8. The number of ether oxygens (including phenoxy) is 3. The van der Waals surface area contributed by atoms with Crippen molar-refractivity contribution in [3.8, 4) is 0 Å². The number of hydrogen-bond donors (Lipinski definition) is 0. The molecule has 0 aromatic heterocycles. The van der Waals surface area contributed by atoms with E-state index in [1.165, 1.54) is 50.7 Å². The Morgan fingerprint density at radius 3 is 1.76 bits per heavy atom. The molecule has 0 aliphatic rings. The number of aryl methyl sites for hydroxylation is 1. The molecule has 192 valence electrons. The van der Waals surface area contributed by atoms with E-state index in [2.05, 4.69) is 6.92 Å². The van der Waals surface area contributed by atoms with E-state index in [1.54, 1.807) is 6.07 Å². The molecule has 0 saturated heterocycles. The standard InChI is InChI=1S/C28H48F2O3/c1-6-7-8-9-10-11-14-17-25(33-28(31-22(2)3)32-23(4)5)18-15-12-13-16-24-19-20-26(29)27(30)21-24/h19-23,25,28H,6-18H2,1-5H3. The fourth-order valence-electron chi connectivity index (χ4n) is 3.88. The summed E-state index contributed by atoms with van der Waals surface area (Å²) in [6, 6.07) is 4.18. The first-order valence-electron chi connectivity index (χ1n) is 13.2. The lowest BCUT2D eigenvalue weighted by molar-refractivity contribution is -0.327. The highest BCUT2D eigenvalue weighted by atomic mass is 19.2. The van der Waals surface area contributed by atoms with E-state index in [1.807, 2.05) is 27.7 Å². The molecule has 1 unspecified atom stereocenters. The minimum absolute atomic E-state index is 0.0315. The van der Waals surface area contributed by atoms with Gasteiger partial charge in [-0.15, -0.1) is 0 Å². The first-order valence-corrected chi connectivity index (χ1v) is 13.2. The molecule has 0 amide bonds. The van der Waals surface area contributed by atoms with E-state index in [9.17, 15) is 8.78 Å². The Kier molecular flexibility index (Phi) is 16.6. The smallest absolute Gasteiger partial charge is 0.272 e. The number of halogens is 2. The molecule has 1 aromatic carbocycles. The number of unbranched alkanes of at least 4 members (excludes halogenated alkanes) is 8. The number of rotatable bonds is 20. The lowest BCUT2D eigenvalue weighted by Crippen LogP contribution is -2.31. The Balaban J connectivity index is 2.46. The molecule has 3 nitrogen and oxygen atoms in total. The Labute approximate surface area is 201 Å². The molecule has 1 rings (SSSR count). The second kappa shape index (κ2) is 18.3. The largest absolute Gasteiger partial charge is 0.327 e. The Hall–Kier alpha value is -1.04.